The third-order valence-corrected chi connectivity index (χ3v) is 9.48. The van der Waals surface area contributed by atoms with Crippen LogP contribution in [0, 0.1) is 10.8 Å². The molecule has 0 aliphatic carbocycles. The second-order valence-electron chi connectivity index (χ2n) is 12.4. The zero-order valence-electron chi connectivity index (χ0n) is 27.1. The highest BCUT2D eigenvalue weighted by Gasteiger charge is 2.18. The van der Waals surface area contributed by atoms with E-state index in [0.717, 1.165) is 44.6 Å². The van der Waals surface area contributed by atoms with Gasteiger partial charge in [0.05, 0.1) is 33.5 Å². The lowest BCUT2D eigenvalue weighted by molar-refractivity contribution is 1.18. The van der Waals surface area contributed by atoms with Crippen molar-refractivity contribution in [3.8, 4) is 11.4 Å². The third kappa shape index (κ3) is 4.83. The van der Waals surface area contributed by atoms with Crippen molar-refractivity contribution in [1.82, 2.24) is 9.13 Å². The Balaban J connectivity index is 1.12. The highest BCUT2D eigenvalue weighted by Crippen LogP contribution is 2.33. The number of hydrogen-bond donors (Lipinski definition) is 2. The Morgan fingerprint density at radius 2 is 0.720 bits per heavy atom. The molecule has 0 radical (unpaired) electrons. The lowest BCUT2D eigenvalue weighted by Crippen LogP contribution is -2.18. The predicted molar refractivity (Wildman–Crippen MR) is 208 cm³/mol. The quantitative estimate of drug-likeness (QED) is 0.134. The number of amidine groups is 1. The Labute approximate surface area is 289 Å². The fraction of sp³-hybridized carbons (Fsp3) is 0. The third-order valence-electron chi connectivity index (χ3n) is 9.48. The minimum atomic E-state index is 0.110. The van der Waals surface area contributed by atoms with Crippen molar-refractivity contribution >= 4 is 60.9 Å². The summed E-state index contributed by atoms with van der Waals surface area (Å²) in [5, 5.41) is 23.2. The lowest BCUT2D eigenvalue weighted by Gasteiger charge is -2.13. The standard InChI is InChI=1S/C45H31N5/c46-43(30-22-26-33(27-23-30)49-39-18-8-4-14-35(39)36-15-5-9-19-40(36)49)44(48-45(47)32-12-2-1-3-13-32)31-24-28-34(29-25-31)50-41-20-10-6-16-37(41)38-17-7-11-21-42(38)50/h1-29,46-47H. The van der Waals surface area contributed by atoms with Crippen LogP contribution in [0.25, 0.3) is 55.0 Å². The molecule has 0 unspecified atom stereocenters. The molecule has 236 valence electrons. The van der Waals surface area contributed by atoms with Gasteiger partial charge in [0.2, 0.25) is 0 Å². The van der Waals surface area contributed by atoms with Crippen LogP contribution < -0.4 is 0 Å². The van der Waals surface area contributed by atoms with Crippen LogP contribution in [0.3, 0.4) is 0 Å². The van der Waals surface area contributed by atoms with E-state index in [0.29, 0.717) is 11.3 Å². The first-order valence-electron chi connectivity index (χ1n) is 16.7. The van der Waals surface area contributed by atoms with E-state index in [4.69, 9.17) is 10.4 Å². The van der Waals surface area contributed by atoms with Crippen molar-refractivity contribution in [3.63, 3.8) is 0 Å². The summed E-state index contributed by atoms with van der Waals surface area (Å²) in [5.74, 6) is 0.110. The van der Waals surface area contributed by atoms with Crippen molar-refractivity contribution in [3.05, 3.63) is 193 Å². The van der Waals surface area contributed by atoms with Crippen molar-refractivity contribution in [2.24, 2.45) is 4.99 Å². The molecule has 9 aromatic rings. The Morgan fingerprint density at radius 1 is 0.360 bits per heavy atom. The number of rotatable bonds is 6. The van der Waals surface area contributed by atoms with Gasteiger partial charge in [0, 0.05) is 49.6 Å². The molecular formula is C45H31N5. The lowest BCUT2D eigenvalue weighted by atomic mass is 9.99. The molecule has 9 rings (SSSR count). The number of benzene rings is 7. The summed E-state index contributed by atoms with van der Waals surface area (Å²) < 4.78 is 4.54. The fourth-order valence-corrected chi connectivity index (χ4v) is 7.12. The van der Waals surface area contributed by atoms with E-state index in [9.17, 15) is 5.41 Å². The van der Waals surface area contributed by atoms with Crippen molar-refractivity contribution in [2.75, 3.05) is 0 Å². The van der Waals surface area contributed by atoms with Crippen molar-refractivity contribution in [2.45, 2.75) is 0 Å². The molecular weight excluding hydrogens is 611 g/mol. The van der Waals surface area contributed by atoms with Crippen LogP contribution in [0.15, 0.2) is 181 Å². The summed E-state index contributed by atoms with van der Waals surface area (Å²) in [6.45, 7) is 0. The van der Waals surface area contributed by atoms with Crippen LogP contribution in [0.2, 0.25) is 0 Å². The molecule has 2 heterocycles. The smallest absolute Gasteiger partial charge is 0.152 e. The Bertz CT molecular complexity index is 2660. The molecule has 50 heavy (non-hydrogen) atoms. The van der Waals surface area contributed by atoms with Gasteiger partial charge in [-0.3, -0.25) is 10.8 Å². The Kier molecular flexibility index (Phi) is 7.03. The van der Waals surface area contributed by atoms with Gasteiger partial charge in [0.1, 0.15) is 0 Å². The summed E-state index contributed by atoms with van der Waals surface area (Å²) in [5.41, 5.74) is 9.47. The number of nitrogens with zero attached hydrogens (tertiary/aromatic N) is 3. The van der Waals surface area contributed by atoms with E-state index < -0.39 is 0 Å². The van der Waals surface area contributed by atoms with Gasteiger partial charge in [0.25, 0.3) is 0 Å². The summed E-state index contributed by atoms with van der Waals surface area (Å²) in [4.78, 5) is 4.80. The number of aromatic nitrogens is 2. The molecule has 0 amide bonds. The first kappa shape index (κ1) is 29.3. The Morgan fingerprint density at radius 3 is 1.14 bits per heavy atom. The van der Waals surface area contributed by atoms with E-state index in [1.807, 2.05) is 54.6 Å². The topological polar surface area (TPSA) is 69.9 Å². The molecule has 2 aromatic heterocycles. The maximum atomic E-state index is 9.46. The molecule has 0 spiro atoms. The average Bonchev–Trinajstić information content (AvgIpc) is 3.70. The van der Waals surface area contributed by atoms with Crippen molar-refractivity contribution in [1.29, 1.82) is 10.8 Å². The van der Waals surface area contributed by atoms with Crippen LogP contribution >= 0.6 is 0 Å². The summed E-state index contributed by atoms with van der Waals surface area (Å²) in [7, 11) is 0. The molecule has 0 saturated carbocycles. The van der Waals surface area contributed by atoms with Crippen LogP contribution in [0.1, 0.15) is 16.7 Å². The summed E-state index contributed by atoms with van der Waals surface area (Å²) in [6.07, 6.45) is 0. The maximum Gasteiger partial charge on any atom is 0.152 e. The monoisotopic (exact) mass is 641 g/mol. The average molecular weight is 642 g/mol. The van der Waals surface area contributed by atoms with E-state index in [1.54, 1.807) is 0 Å². The molecule has 2 N–H and O–H groups in total. The molecule has 0 bridgehead atoms. The van der Waals surface area contributed by atoms with Gasteiger partial charge >= 0.3 is 0 Å². The van der Waals surface area contributed by atoms with Crippen LogP contribution in [-0.2, 0) is 0 Å². The predicted octanol–water partition coefficient (Wildman–Crippen LogP) is 10.8. The van der Waals surface area contributed by atoms with E-state index in [2.05, 4.69) is 130 Å². The second-order valence-corrected chi connectivity index (χ2v) is 12.4. The molecule has 0 atom stereocenters. The number of fused-ring (bicyclic) bond motifs is 6. The SMILES string of the molecule is N=C(N=C(C(=N)c1ccc(-n2c3ccccc3c3ccccc32)cc1)c1ccc(-n2c3ccccc3c3ccccc32)cc1)c1ccccc1. The van der Waals surface area contributed by atoms with Crippen LogP contribution in [0.5, 0.6) is 0 Å². The molecule has 0 aliphatic heterocycles. The first-order valence-corrected chi connectivity index (χ1v) is 16.7. The van der Waals surface area contributed by atoms with E-state index in [1.165, 1.54) is 21.5 Å². The van der Waals surface area contributed by atoms with Gasteiger partial charge in [0.15, 0.2) is 5.84 Å². The van der Waals surface area contributed by atoms with Gasteiger partial charge in [-0.1, -0.05) is 127 Å². The Hall–Kier alpha value is -6.85. The summed E-state index contributed by atoms with van der Waals surface area (Å²) >= 11 is 0. The number of hydrogen-bond acceptors (Lipinski definition) is 2. The fourth-order valence-electron chi connectivity index (χ4n) is 7.12. The molecule has 0 fully saturated rings. The maximum absolute atomic E-state index is 9.46. The van der Waals surface area contributed by atoms with Gasteiger partial charge < -0.3 is 9.13 Å². The molecule has 0 aliphatic rings. The van der Waals surface area contributed by atoms with E-state index in [-0.39, 0.29) is 11.5 Å². The van der Waals surface area contributed by atoms with Gasteiger partial charge in [-0.15, -0.1) is 0 Å². The van der Waals surface area contributed by atoms with Crippen LogP contribution in [-0.4, -0.2) is 26.4 Å². The highest BCUT2D eigenvalue weighted by atomic mass is 15.0. The zero-order valence-corrected chi connectivity index (χ0v) is 27.1. The minimum absolute atomic E-state index is 0.110. The van der Waals surface area contributed by atoms with Crippen molar-refractivity contribution < 1.29 is 0 Å². The summed E-state index contributed by atoms with van der Waals surface area (Å²) in [6, 6.07) is 59.6. The van der Waals surface area contributed by atoms with Crippen LogP contribution in [0.4, 0.5) is 0 Å². The van der Waals surface area contributed by atoms with E-state index >= 15 is 0 Å². The first-order chi connectivity index (χ1) is 24.7. The largest absolute Gasteiger partial charge is 0.309 e. The minimum Gasteiger partial charge on any atom is -0.309 e. The highest BCUT2D eigenvalue weighted by molar-refractivity contribution is 6.53. The molecule has 7 aromatic carbocycles. The molecule has 5 nitrogen and oxygen atoms in total. The zero-order chi connectivity index (χ0) is 33.6. The number of para-hydroxylation sites is 4. The normalized spacial score (nSPS) is 11.9. The molecule has 0 saturated heterocycles. The second kappa shape index (κ2) is 12.0. The van der Waals surface area contributed by atoms with Gasteiger partial charge in [-0.25, -0.2) is 4.99 Å². The number of nitrogens with one attached hydrogen (secondary N) is 2. The number of aliphatic imine (C=N–C) groups is 1. The molecule has 5 heteroatoms. The van der Waals surface area contributed by atoms with Gasteiger partial charge in [-0.2, -0.15) is 0 Å². The van der Waals surface area contributed by atoms with Gasteiger partial charge in [-0.05, 0) is 48.5 Å².